The van der Waals surface area contributed by atoms with Gasteiger partial charge in [-0.3, -0.25) is 14.4 Å². The molecule has 3 aromatic carbocycles. The zero-order valence-electron chi connectivity index (χ0n) is 18.7. The van der Waals surface area contributed by atoms with Gasteiger partial charge < -0.3 is 15.5 Å². The summed E-state index contributed by atoms with van der Waals surface area (Å²) in [5.41, 5.74) is 2.72. The minimum Gasteiger partial charge on any atom is -0.352 e. The van der Waals surface area contributed by atoms with Crippen molar-refractivity contribution in [1.29, 1.82) is 0 Å². The molecule has 1 fully saturated rings. The second-order valence-corrected chi connectivity index (χ2v) is 8.74. The lowest BCUT2D eigenvalue weighted by molar-refractivity contribution is -0.126. The molecule has 6 nitrogen and oxygen atoms in total. The van der Waals surface area contributed by atoms with Gasteiger partial charge in [0.1, 0.15) is 0 Å². The number of nitrogens with zero attached hydrogens (tertiary/aromatic N) is 1. The van der Waals surface area contributed by atoms with E-state index in [1.54, 1.807) is 53.4 Å². The van der Waals surface area contributed by atoms with Gasteiger partial charge in [0.25, 0.3) is 11.8 Å². The summed E-state index contributed by atoms with van der Waals surface area (Å²) in [6.45, 7) is 1.59. The second kappa shape index (κ2) is 11.0. The highest BCUT2D eigenvalue weighted by Crippen LogP contribution is 2.21. The molecule has 4 rings (SSSR count). The molecule has 3 amide bonds. The van der Waals surface area contributed by atoms with Crippen molar-refractivity contribution < 1.29 is 14.4 Å². The third-order valence-electron chi connectivity index (χ3n) is 5.96. The Morgan fingerprint density at radius 3 is 2.09 bits per heavy atom. The van der Waals surface area contributed by atoms with E-state index in [4.69, 9.17) is 11.6 Å². The Hall–Kier alpha value is -3.64. The Bertz CT molecular complexity index is 1140. The maximum absolute atomic E-state index is 12.9. The summed E-state index contributed by atoms with van der Waals surface area (Å²) in [6, 6.07) is 23.3. The van der Waals surface area contributed by atoms with Crippen LogP contribution in [-0.4, -0.2) is 35.7 Å². The molecule has 7 heteroatoms. The Morgan fingerprint density at radius 2 is 1.44 bits per heavy atom. The fraction of sp³-hybridized carbons (Fsp3) is 0.222. The summed E-state index contributed by atoms with van der Waals surface area (Å²) in [5, 5.41) is 6.38. The number of nitrogens with one attached hydrogen (secondary N) is 2. The van der Waals surface area contributed by atoms with Gasteiger partial charge in [0.15, 0.2) is 0 Å². The van der Waals surface area contributed by atoms with Crippen LogP contribution in [0.15, 0.2) is 78.9 Å². The fourth-order valence-corrected chi connectivity index (χ4v) is 4.08. The summed E-state index contributed by atoms with van der Waals surface area (Å²) >= 11 is 5.86. The molecule has 0 atom stereocenters. The van der Waals surface area contributed by atoms with Crippen molar-refractivity contribution in [2.75, 3.05) is 18.4 Å². The van der Waals surface area contributed by atoms with Crippen LogP contribution in [-0.2, 0) is 11.3 Å². The topological polar surface area (TPSA) is 78.5 Å². The molecule has 0 aromatic heterocycles. The molecule has 0 radical (unpaired) electrons. The lowest BCUT2D eigenvalue weighted by Crippen LogP contribution is -2.42. The van der Waals surface area contributed by atoms with Crippen molar-refractivity contribution in [2.24, 2.45) is 5.92 Å². The maximum atomic E-state index is 12.9. The first-order valence-corrected chi connectivity index (χ1v) is 11.7. The van der Waals surface area contributed by atoms with E-state index < -0.39 is 0 Å². The zero-order valence-corrected chi connectivity index (χ0v) is 19.4. The molecule has 1 aliphatic heterocycles. The molecule has 3 aromatic rings. The summed E-state index contributed by atoms with van der Waals surface area (Å²) in [6.07, 6.45) is 1.28. The van der Waals surface area contributed by atoms with Crippen molar-refractivity contribution in [2.45, 2.75) is 19.4 Å². The van der Waals surface area contributed by atoms with Crippen LogP contribution in [0.1, 0.15) is 39.1 Å². The van der Waals surface area contributed by atoms with E-state index in [-0.39, 0.29) is 23.6 Å². The van der Waals surface area contributed by atoms with Crippen LogP contribution < -0.4 is 10.6 Å². The van der Waals surface area contributed by atoms with Crippen LogP contribution in [0.4, 0.5) is 5.69 Å². The SMILES string of the molecule is O=C(Nc1ccc(C(=O)N2CCC(C(=O)NCc3ccccc3)CC2)cc1)c1ccc(Cl)cc1. The van der Waals surface area contributed by atoms with Gasteiger partial charge in [-0.15, -0.1) is 0 Å². The first-order valence-electron chi connectivity index (χ1n) is 11.3. The number of benzene rings is 3. The average molecular weight is 476 g/mol. The highest BCUT2D eigenvalue weighted by Gasteiger charge is 2.27. The Labute approximate surface area is 203 Å². The summed E-state index contributed by atoms with van der Waals surface area (Å²) in [7, 11) is 0. The minimum atomic E-state index is -0.247. The smallest absolute Gasteiger partial charge is 0.255 e. The summed E-state index contributed by atoms with van der Waals surface area (Å²) < 4.78 is 0. The molecule has 1 heterocycles. The number of piperidine rings is 1. The first-order chi connectivity index (χ1) is 16.5. The zero-order chi connectivity index (χ0) is 23.9. The predicted molar refractivity (Wildman–Crippen MR) is 133 cm³/mol. The Balaban J connectivity index is 1.26. The van der Waals surface area contributed by atoms with Gasteiger partial charge in [-0.2, -0.15) is 0 Å². The van der Waals surface area contributed by atoms with E-state index in [1.165, 1.54) is 0 Å². The molecule has 34 heavy (non-hydrogen) atoms. The van der Waals surface area contributed by atoms with Gasteiger partial charge in [0.05, 0.1) is 0 Å². The molecule has 0 spiro atoms. The molecule has 0 unspecified atom stereocenters. The van der Waals surface area contributed by atoms with E-state index in [9.17, 15) is 14.4 Å². The van der Waals surface area contributed by atoms with Crippen molar-refractivity contribution in [3.8, 4) is 0 Å². The van der Waals surface area contributed by atoms with Gasteiger partial charge in [-0.25, -0.2) is 0 Å². The number of anilines is 1. The number of likely N-dealkylation sites (tertiary alicyclic amines) is 1. The molecule has 1 aliphatic rings. The van der Waals surface area contributed by atoms with Gasteiger partial charge in [0, 0.05) is 47.4 Å². The quantitative estimate of drug-likeness (QED) is 0.539. The number of amides is 3. The fourth-order valence-electron chi connectivity index (χ4n) is 3.96. The van der Waals surface area contributed by atoms with E-state index in [2.05, 4.69) is 10.6 Å². The van der Waals surface area contributed by atoms with Crippen LogP contribution in [0.5, 0.6) is 0 Å². The number of halogens is 1. The molecule has 2 N–H and O–H groups in total. The molecular weight excluding hydrogens is 450 g/mol. The van der Waals surface area contributed by atoms with Crippen molar-refractivity contribution in [3.63, 3.8) is 0 Å². The largest absolute Gasteiger partial charge is 0.352 e. The minimum absolute atomic E-state index is 0.0386. The third kappa shape index (κ3) is 6.02. The van der Waals surface area contributed by atoms with Crippen LogP contribution in [0, 0.1) is 5.92 Å². The van der Waals surface area contributed by atoms with Gasteiger partial charge >= 0.3 is 0 Å². The van der Waals surface area contributed by atoms with Crippen molar-refractivity contribution in [1.82, 2.24) is 10.2 Å². The van der Waals surface area contributed by atoms with Crippen LogP contribution in [0.3, 0.4) is 0 Å². The maximum Gasteiger partial charge on any atom is 0.255 e. The van der Waals surface area contributed by atoms with E-state index in [0.29, 0.717) is 54.3 Å². The standard InChI is InChI=1S/C27H26ClN3O3/c28-23-10-6-20(7-11-23)26(33)30-24-12-8-22(9-13-24)27(34)31-16-14-21(15-17-31)25(32)29-18-19-4-2-1-3-5-19/h1-13,21H,14-18H2,(H,29,32)(H,30,33). The summed E-state index contributed by atoms with van der Waals surface area (Å²) in [4.78, 5) is 39.5. The van der Waals surface area contributed by atoms with Gasteiger partial charge in [-0.05, 0) is 66.9 Å². The molecule has 0 saturated carbocycles. The van der Waals surface area contributed by atoms with E-state index in [1.807, 2.05) is 30.3 Å². The molecule has 174 valence electrons. The molecule has 0 aliphatic carbocycles. The van der Waals surface area contributed by atoms with Crippen molar-refractivity contribution >= 4 is 35.0 Å². The van der Waals surface area contributed by atoms with Gasteiger partial charge in [-0.1, -0.05) is 41.9 Å². The molecule has 1 saturated heterocycles. The third-order valence-corrected chi connectivity index (χ3v) is 6.21. The first kappa shape index (κ1) is 23.5. The Kier molecular flexibility index (Phi) is 7.60. The second-order valence-electron chi connectivity index (χ2n) is 8.31. The lowest BCUT2D eigenvalue weighted by Gasteiger charge is -2.31. The Morgan fingerprint density at radius 1 is 0.824 bits per heavy atom. The number of hydrogen-bond donors (Lipinski definition) is 2. The summed E-state index contributed by atoms with van der Waals surface area (Å²) in [5.74, 6) is -0.364. The van der Waals surface area contributed by atoms with E-state index >= 15 is 0 Å². The lowest BCUT2D eigenvalue weighted by atomic mass is 9.95. The normalized spacial score (nSPS) is 13.9. The number of carbonyl (C=O) groups is 3. The highest BCUT2D eigenvalue weighted by atomic mass is 35.5. The van der Waals surface area contributed by atoms with E-state index in [0.717, 1.165) is 5.56 Å². The van der Waals surface area contributed by atoms with Crippen LogP contribution in [0.2, 0.25) is 5.02 Å². The van der Waals surface area contributed by atoms with Crippen LogP contribution in [0.25, 0.3) is 0 Å². The highest BCUT2D eigenvalue weighted by molar-refractivity contribution is 6.30. The predicted octanol–water partition coefficient (Wildman–Crippen LogP) is 4.76. The number of rotatable bonds is 6. The molecule has 0 bridgehead atoms. The monoisotopic (exact) mass is 475 g/mol. The molecular formula is C27H26ClN3O3. The number of carbonyl (C=O) groups excluding carboxylic acids is 3. The average Bonchev–Trinajstić information content (AvgIpc) is 2.88. The van der Waals surface area contributed by atoms with Gasteiger partial charge in [0.2, 0.25) is 5.91 Å². The van der Waals surface area contributed by atoms with Crippen molar-refractivity contribution in [3.05, 3.63) is 101 Å². The van der Waals surface area contributed by atoms with Crippen LogP contribution >= 0.6 is 11.6 Å². The number of hydrogen-bond acceptors (Lipinski definition) is 3.